The summed E-state index contributed by atoms with van der Waals surface area (Å²) < 4.78 is 15.4. The van der Waals surface area contributed by atoms with Crippen LogP contribution in [0.3, 0.4) is 0 Å². The third-order valence-corrected chi connectivity index (χ3v) is 3.96. The van der Waals surface area contributed by atoms with Crippen LogP contribution >= 0.6 is 0 Å². The summed E-state index contributed by atoms with van der Waals surface area (Å²) in [5, 5.41) is 12.4. The summed E-state index contributed by atoms with van der Waals surface area (Å²) in [5.74, 6) is -1.07. The first-order valence-electron chi connectivity index (χ1n) is 7.81. The molecule has 2 atom stereocenters. The Balaban J connectivity index is 1.78. The molecule has 1 aromatic carbocycles. The number of aliphatic hydroxyl groups excluding tert-OH is 1. The summed E-state index contributed by atoms with van der Waals surface area (Å²) in [6.07, 6.45) is -0.874. The first kappa shape index (κ1) is 18.4. The lowest BCUT2D eigenvalue weighted by Gasteiger charge is -2.25. The molecule has 1 aliphatic heterocycles. The van der Waals surface area contributed by atoms with Gasteiger partial charge in [0.05, 0.1) is 25.2 Å². The van der Waals surface area contributed by atoms with Crippen LogP contribution in [0.4, 0.5) is 0 Å². The molecule has 1 heterocycles. The quantitative estimate of drug-likeness (QED) is 0.661. The number of carbonyl (C=O) groups is 2. The van der Waals surface area contributed by atoms with Crippen molar-refractivity contribution in [2.75, 3.05) is 33.5 Å². The van der Waals surface area contributed by atoms with Crippen LogP contribution in [0.2, 0.25) is 0 Å². The highest BCUT2D eigenvalue weighted by Crippen LogP contribution is 2.29. The summed E-state index contributed by atoms with van der Waals surface area (Å²) in [4.78, 5) is 24.1. The molecule has 1 aromatic rings. The van der Waals surface area contributed by atoms with E-state index in [9.17, 15) is 14.7 Å². The van der Waals surface area contributed by atoms with Gasteiger partial charge in [-0.25, -0.2) is 4.79 Å². The average molecular weight is 337 g/mol. The molecule has 24 heavy (non-hydrogen) atoms. The molecule has 0 spiro atoms. The monoisotopic (exact) mass is 337 g/mol. The van der Waals surface area contributed by atoms with Crippen LogP contribution in [0.15, 0.2) is 30.3 Å². The minimum absolute atomic E-state index is 0.0755. The van der Waals surface area contributed by atoms with Crippen molar-refractivity contribution in [3.05, 3.63) is 35.9 Å². The molecule has 0 radical (unpaired) electrons. The summed E-state index contributed by atoms with van der Waals surface area (Å²) in [7, 11) is 1.52. The lowest BCUT2D eigenvalue weighted by Crippen LogP contribution is -2.48. The third kappa shape index (κ3) is 4.77. The first-order valence-corrected chi connectivity index (χ1v) is 7.81. The van der Waals surface area contributed by atoms with E-state index in [1.54, 1.807) is 0 Å². The van der Waals surface area contributed by atoms with Gasteiger partial charge in [0.15, 0.2) is 6.10 Å². The number of benzene rings is 1. The van der Waals surface area contributed by atoms with E-state index in [0.717, 1.165) is 5.56 Å². The standard InChI is InChI=1S/C17H23NO6/c1-22-11-17(7-8-23-12-17)16(21)18-9-14(19)15(20)24-10-13-5-3-2-4-6-13/h2-6,14,19H,7-12H2,1H3,(H,18,21)/t14-,17-/m0/s1. The molecule has 1 saturated heterocycles. The molecule has 0 aliphatic carbocycles. The Morgan fingerprint density at radius 1 is 1.38 bits per heavy atom. The fourth-order valence-corrected chi connectivity index (χ4v) is 2.53. The van der Waals surface area contributed by atoms with Crippen LogP contribution in [-0.2, 0) is 30.4 Å². The Morgan fingerprint density at radius 3 is 2.75 bits per heavy atom. The molecule has 1 amide bonds. The van der Waals surface area contributed by atoms with Crippen molar-refractivity contribution in [1.82, 2.24) is 5.32 Å². The largest absolute Gasteiger partial charge is 0.459 e. The molecule has 0 bridgehead atoms. The Hall–Kier alpha value is -1.96. The molecule has 132 valence electrons. The molecule has 7 heteroatoms. The van der Waals surface area contributed by atoms with Crippen molar-refractivity contribution in [3.8, 4) is 0 Å². The second kappa shape index (κ2) is 8.77. The number of esters is 1. The number of hydrogen-bond acceptors (Lipinski definition) is 6. The molecule has 7 nitrogen and oxygen atoms in total. The van der Waals surface area contributed by atoms with Crippen molar-refractivity contribution in [3.63, 3.8) is 0 Å². The molecule has 2 N–H and O–H groups in total. The molecular weight excluding hydrogens is 314 g/mol. The molecule has 1 aliphatic rings. The van der Waals surface area contributed by atoms with Gasteiger partial charge in [-0.15, -0.1) is 0 Å². The van der Waals surface area contributed by atoms with Gasteiger partial charge in [0, 0.05) is 13.7 Å². The smallest absolute Gasteiger partial charge is 0.337 e. The molecule has 1 fully saturated rings. The topological polar surface area (TPSA) is 94.1 Å². The van der Waals surface area contributed by atoms with Crippen LogP contribution in [0.1, 0.15) is 12.0 Å². The van der Waals surface area contributed by atoms with Crippen molar-refractivity contribution < 1.29 is 28.9 Å². The Kier molecular flexibility index (Phi) is 6.72. The fraction of sp³-hybridized carbons (Fsp3) is 0.529. The predicted molar refractivity (Wildman–Crippen MR) is 85.0 cm³/mol. The van der Waals surface area contributed by atoms with Crippen LogP contribution in [0.5, 0.6) is 0 Å². The zero-order chi connectivity index (χ0) is 17.4. The van der Waals surface area contributed by atoms with E-state index in [2.05, 4.69) is 5.32 Å². The first-order chi connectivity index (χ1) is 11.6. The second-order valence-electron chi connectivity index (χ2n) is 5.84. The lowest BCUT2D eigenvalue weighted by molar-refractivity contribution is -0.155. The highest BCUT2D eigenvalue weighted by Gasteiger charge is 2.42. The lowest BCUT2D eigenvalue weighted by atomic mass is 9.87. The highest BCUT2D eigenvalue weighted by atomic mass is 16.5. The fourth-order valence-electron chi connectivity index (χ4n) is 2.53. The van der Waals surface area contributed by atoms with Gasteiger partial charge in [-0.3, -0.25) is 4.79 Å². The van der Waals surface area contributed by atoms with Crippen molar-refractivity contribution in [2.24, 2.45) is 5.41 Å². The number of hydrogen-bond donors (Lipinski definition) is 2. The third-order valence-electron chi connectivity index (χ3n) is 3.96. The number of nitrogens with one attached hydrogen (secondary N) is 1. The van der Waals surface area contributed by atoms with Crippen LogP contribution < -0.4 is 5.32 Å². The summed E-state index contributed by atoms with van der Waals surface area (Å²) in [6, 6.07) is 9.15. The average Bonchev–Trinajstić information content (AvgIpc) is 3.08. The Morgan fingerprint density at radius 2 is 2.12 bits per heavy atom. The zero-order valence-electron chi connectivity index (χ0n) is 13.7. The minimum Gasteiger partial charge on any atom is -0.459 e. The van der Waals surface area contributed by atoms with Gasteiger partial charge in [-0.2, -0.15) is 0 Å². The van der Waals surface area contributed by atoms with Gasteiger partial charge in [0.25, 0.3) is 0 Å². The maximum atomic E-state index is 12.3. The number of methoxy groups -OCH3 is 1. The maximum Gasteiger partial charge on any atom is 0.337 e. The van der Waals surface area contributed by atoms with E-state index in [0.29, 0.717) is 13.0 Å². The van der Waals surface area contributed by atoms with E-state index >= 15 is 0 Å². The second-order valence-corrected chi connectivity index (χ2v) is 5.84. The maximum absolute atomic E-state index is 12.3. The number of ether oxygens (including phenoxy) is 3. The van der Waals surface area contributed by atoms with Gasteiger partial charge >= 0.3 is 5.97 Å². The van der Waals surface area contributed by atoms with E-state index in [1.165, 1.54) is 7.11 Å². The van der Waals surface area contributed by atoms with Crippen molar-refractivity contribution in [1.29, 1.82) is 0 Å². The van der Waals surface area contributed by atoms with E-state index in [1.807, 2.05) is 30.3 Å². The zero-order valence-corrected chi connectivity index (χ0v) is 13.7. The van der Waals surface area contributed by atoms with Gasteiger partial charge < -0.3 is 24.6 Å². The van der Waals surface area contributed by atoms with E-state index in [4.69, 9.17) is 14.2 Å². The number of rotatable bonds is 8. The predicted octanol–water partition coefficient (Wildman–Crippen LogP) is 0.260. The summed E-state index contributed by atoms with van der Waals surface area (Å²) in [5.41, 5.74) is 0.0619. The minimum atomic E-state index is -1.42. The van der Waals surface area contributed by atoms with Gasteiger partial charge in [0.2, 0.25) is 5.91 Å². The number of amides is 1. The molecule has 0 unspecified atom stereocenters. The SMILES string of the molecule is COC[C@@]1(C(=O)NC[C@H](O)C(=O)OCc2ccccc2)CCOC1. The summed E-state index contributed by atoms with van der Waals surface area (Å²) >= 11 is 0. The Labute approximate surface area is 140 Å². The molecule has 2 rings (SSSR count). The van der Waals surface area contributed by atoms with Gasteiger partial charge in [-0.1, -0.05) is 30.3 Å². The number of carbonyl (C=O) groups excluding carboxylic acids is 2. The molecule has 0 saturated carbocycles. The normalized spacial score (nSPS) is 21.2. The molecular formula is C17H23NO6. The van der Waals surface area contributed by atoms with Gasteiger partial charge in [0.1, 0.15) is 6.61 Å². The number of aliphatic hydroxyl groups is 1. The van der Waals surface area contributed by atoms with Crippen molar-refractivity contribution >= 4 is 11.9 Å². The Bertz CT molecular complexity index is 541. The van der Waals surface area contributed by atoms with Crippen LogP contribution in [-0.4, -0.2) is 56.6 Å². The van der Waals surface area contributed by atoms with E-state index < -0.39 is 17.5 Å². The van der Waals surface area contributed by atoms with Gasteiger partial charge in [-0.05, 0) is 12.0 Å². The van der Waals surface area contributed by atoms with Crippen LogP contribution in [0, 0.1) is 5.41 Å². The van der Waals surface area contributed by atoms with E-state index in [-0.39, 0.29) is 32.3 Å². The highest BCUT2D eigenvalue weighted by molar-refractivity contribution is 5.84. The van der Waals surface area contributed by atoms with Crippen molar-refractivity contribution in [2.45, 2.75) is 19.1 Å². The van der Waals surface area contributed by atoms with Crippen LogP contribution in [0.25, 0.3) is 0 Å². The summed E-state index contributed by atoms with van der Waals surface area (Å²) in [6.45, 7) is 0.844. The molecule has 0 aromatic heterocycles.